The Morgan fingerprint density at radius 3 is 2.34 bits per heavy atom. The number of carbonyl (C=O) groups is 1. The molecule has 7 nitrogen and oxygen atoms in total. The molecule has 4 heterocycles. The van der Waals surface area contributed by atoms with Gasteiger partial charge in [-0.2, -0.15) is 0 Å². The van der Waals surface area contributed by atoms with Crippen LogP contribution in [-0.4, -0.2) is 50.9 Å². The standard InChI is InChI=1S/C22H21N5O2/c28-21(25-14-12-24(13-15-25)20-9-3-4-10-23-20)16-27-18-7-2-1-6-17(18)26-11-5-8-19(26)22(27)29/h1-11H,12-16H2. The maximum absolute atomic E-state index is 13.0. The fourth-order valence-electron chi connectivity index (χ4n) is 4.03. The minimum atomic E-state index is -0.144. The smallest absolute Gasteiger partial charge is 0.275 e. The maximum atomic E-state index is 13.0. The molecule has 146 valence electrons. The van der Waals surface area contributed by atoms with Crippen molar-refractivity contribution in [1.82, 2.24) is 18.9 Å². The summed E-state index contributed by atoms with van der Waals surface area (Å²) in [5.41, 5.74) is 2.12. The molecule has 4 aromatic rings. The lowest BCUT2D eigenvalue weighted by Crippen LogP contribution is -2.50. The molecular formula is C22H21N5O2. The lowest BCUT2D eigenvalue weighted by atomic mass is 10.2. The summed E-state index contributed by atoms with van der Waals surface area (Å²) in [7, 11) is 0. The molecule has 7 heteroatoms. The molecule has 1 aromatic carbocycles. The summed E-state index contributed by atoms with van der Waals surface area (Å²) in [6, 6.07) is 17.2. The zero-order valence-electron chi connectivity index (χ0n) is 15.9. The van der Waals surface area contributed by atoms with E-state index in [0.717, 1.165) is 29.9 Å². The van der Waals surface area contributed by atoms with Gasteiger partial charge in [-0.25, -0.2) is 4.98 Å². The molecule has 0 aliphatic carbocycles. The third-order valence-corrected chi connectivity index (χ3v) is 5.54. The molecule has 29 heavy (non-hydrogen) atoms. The van der Waals surface area contributed by atoms with Crippen molar-refractivity contribution in [1.29, 1.82) is 0 Å². The van der Waals surface area contributed by atoms with E-state index in [4.69, 9.17) is 0 Å². The predicted molar refractivity (Wildman–Crippen MR) is 112 cm³/mol. The topological polar surface area (TPSA) is 62.9 Å². The second-order valence-corrected chi connectivity index (χ2v) is 7.20. The molecule has 0 radical (unpaired) electrons. The number of nitrogens with zero attached hydrogens (tertiary/aromatic N) is 5. The van der Waals surface area contributed by atoms with Crippen LogP contribution in [0.3, 0.4) is 0 Å². The average molecular weight is 387 g/mol. The third kappa shape index (κ3) is 3.04. The van der Waals surface area contributed by atoms with Crippen molar-refractivity contribution in [2.45, 2.75) is 6.54 Å². The summed E-state index contributed by atoms with van der Waals surface area (Å²) in [5, 5.41) is 0. The third-order valence-electron chi connectivity index (χ3n) is 5.54. The first-order valence-corrected chi connectivity index (χ1v) is 9.75. The number of para-hydroxylation sites is 2. The second-order valence-electron chi connectivity index (χ2n) is 7.20. The van der Waals surface area contributed by atoms with E-state index in [1.54, 1.807) is 16.8 Å². The summed E-state index contributed by atoms with van der Waals surface area (Å²) < 4.78 is 3.47. The Morgan fingerprint density at radius 2 is 1.59 bits per heavy atom. The Balaban J connectivity index is 1.39. The highest BCUT2D eigenvalue weighted by Crippen LogP contribution is 2.16. The largest absolute Gasteiger partial charge is 0.353 e. The van der Waals surface area contributed by atoms with Gasteiger partial charge in [-0.3, -0.25) is 14.2 Å². The van der Waals surface area contributed by atoms with Crippen molar-refractivity contribution in [3.05, 3.63) is 77.3 Å². The molecule has 0 atom stereocenters. The number of hydrogen-bond acceptors (Lipinski definition) is 4. The van der Waals surface area contributed by atoms with Crippen molar-refractivity contribution in [3.63, 3.8) is 0 Å². The van der Waals surface area contributed by atoms with Crippen molar-refractivity contribution < 1.29 is 4.79 Å². The van der Waals surface area contributed by atoms with Crippen LogP contribution in [0.2, 0.25) is 0 Å². The lowest BCUT2D eigenvalue weighted by molar-refractivity contribution is -0.132. The number of amides is 1. The molecule has 1 aliphatic rings. The van der Waals surface area contributed by atoms with E-state index < -0.39 is 0 Å². The van der Waals surface area contributed by atoms with E-state index in [1.165, 1.54) is 0 Å². The number of hydrogen-bond donors (Lipinski definition) is 0. The summed E-state index contributed by atoms with van der Waals surface area (Å²) in [5.74, 6) is 0.898. The normalized spacial score (nSPS) is 14.6. The molecule has 3 aromatic heterocycles. The monoisotopic (exact) mass is 387 g/mol. The molecule has 1 saturated heterocycles. The van der Waals surface area contributed by atoms with Crippen LogP contribution in [-0.2, 0) is 11.3 Å². The predicted octanol–water partition coefficient (Wildman–Crippen LogP) is 2.00. The Hall–Kier alpha value is -3.61. The maximum Gasteiger partial charge on any atom is 0.275 e. The zero-order valence-corrected chi connectivity index (χ0v) is 15.9. The molecule has 0 unspecified atom stereocenters. The van der Waals surface area contributed by atoms with Crippen LogP contribution >= 0.6 is 0 Å². The first-order valence-electron chi connectivity index (χ1n) is 9.75. The molecule has 1 aliphatic heterocycles. The molecular weight excluding hydrogens is 366 g/mol. The van der Waals surface area contributed by atoms with E-state index in [1.807, 2.05) is 64.0 Å². The molecule has 1 amide bonds. The number of pyridine rings is 1. The fraction of sp³-hybridized carbons (Fsp3) is 0.227. The Morgan fingerprint density at radius 1 is 0.862 bits per heavy atom. The molecule has 1 fully saturated rings. The fourth-order valence-corrected chi connectivity index (χ4v) is 4.03. The van der Waals surface area contributed by atoms with Gasteiger partial charge in [0.15, 0.2) is 0 Å². The Bertz CT molecular complexity index is 1240. The van der Waals surface area contributed by atoms with E-state index >= 15 is 0 Å². The van der Waals surface area contributed by atoms with E-state index in [0.29, 0.717) is 18.6 Å². The van der Waals surface area contributed by atoms with Crippen LogP contribution in [0, 0.1) is 0 Å². The highest BCUT2D eigenvalue weighted by Gasteiger charge is 2.23. The van der Waals surface area contributed by atoms with E-state index in [9.17, 15) is 9.59 Å². The van der Waals surface area contributed by atoms with Crippen LogP contribution in [0.4, 0.5) is 5.82 Å². The summed E-state index contributed by atoms with van der Waals surface area (Å²) in [4.78, 5) is 34.4. The molecule has 0 spiro atoms. The lowest BCUT2D eigenvalue weighted by Gasteiger charge is -2.35. The number of rotatable bonds is 3. The molecule has 0 N–H and O–H groups in total. The number of anilines is 1. The summed E-state index contributed by atoms with van der Waals surface area (Å²) >= 11 is 0. The van der Waals surface area contributed by atoms with Crippen LogP contribution in [0.1, 0.15) is 0 Å². The van der Waals surface area contributed by atoms with Gasteiger partial charge >= 0.3 is 0 Å². The Kier molecular flexibility index (Phi) is 4.27. The van der Waals surface area contributed by atoms with Crippen molar-refractivity contribution in [2.24, 2.45) is 0 Å². The number of fused-ring (bicyclic) bond motifs is 3. The molecule has 0 bridgehead atoms. The van der Waals surface area contributed by atoms with Gasteiger partial charge in [-0.05, 0) is 36.4 Å². The van der Waals surface area contributed by atoms with Gasteiger partial charge < -0.3 is 14.2 Å². The molecule has 5 rings (SSSR count). The summed E-state index contributed by atoms with van der Waals surface area (Å²) in [6.07, 6.45) is 3.66. The molecule has 0 saturated carbocycles. The van der Waals surface area contributed by atoms with E-state index in [2.05, 4.69) is 9.88 Å². The van der Waals surface area contributed by atoms with Gasteiger partial charge in [0.05, 0.1) is 11.0 Å². The van der Waals surface area contributed by atoms with Crippen molar-refractivity contribution >= 4 is 28.3 Å². The quantitative estimate of drug-likeness (QED) is 0.539. The number of aromatic nitrogens is 3. The second kappa shape index (κ2) is 7.09. The Labute approximate surface area is 167 Å². The highest BCUT2D eigenvalue weighted by molar-refractivity contribution is 5.82. The van der Waals surface area contributed by atoms with Gasteiger partial charge in [0.2, 0.25) is 5.91 Å². The SMILES string of the molecule is O=C(Cn1c(=O)c2cccn2c2ccccc21)N1CCN(c2ccccn2)CC1. The van der Waals surface area contributed by atoms with Gasteiger partial charge in [0.25, 0.3) is 5.56 Å². The average Bonchev–Trinajstić information content (AvgIpc) is 3.28. The number of carbonyl (C=O) groups excluding carboxylic acids is 1. The highest BCUT2D eigenvalue weighted by atomic mass is 16.2. The van der Waals surface area contributed by atoms with E-state index in [-0.39, 0.29) is 18.0 Å². The minimum Gasteiger partial charge on any atom is -0.353 e. The van der Waals surface area contributed by atoms with Crippen molar-refractivity contribution in [2.75, 3.05) is 31.1 Å². The number of benzene rings is 1. The van der Waals surface area contributed by atoms with Crippen LogP contribution in [0.25, 0.3) is 16.6 Å². The first kappa shape index (κ1) is 17.5. The first-order chi connectivity index (χ1) is 14.2. The van der Waals surface area contributed by atoms with Crippen molar-refractivity contribution in [3.8, 4) is 0 Å². The zero-order chi connectivity index (χ0) is 19.8. The number of piperazine rings is 1. The van der Waals surface area contributed by atoms with Gasteiger partial charge in [-0.1, -0.05) is 18.2 Å². The van der Waals surface area contributed by atoms with Crippen LogP contribution in [0.5, 0.6) is 0 Å². The van der Waals surface area contributed by atoms with Gasteiger partial charge in [0, 0.05) is 38.6 Å². The van der Waals surface area contributed by atoms with Gasteiger partial charge in [0.1, 0.15) is 17.9 Å². The van der Waals surface area contributed by atoms with Gasteiger partial charge in [-0.15, -0.1) is 0 Å². The summed E-state index contributed by atoms with van der Waals surface area (Å²) in [6.45, 7) is 2.75. The van der Waals surface area contributed by atoms with Crippen LogP contribution in [0.15, 0.2) is 71.8 Å². The minimum absolute atomic E-state index is 0.0335. The van der Waals surface area contributed by atoms with Crippen LogP contribution < -0.4 is 10.5 Å².